The maximum absolute atomic E-state index is 10.6. The van der Waals surface area contributed by atoms with Gasteiger partial charge < -0.3 is 5.32 Å². The second kappa shape index (κ2) is 7.48. The minimum atomic E-state index is -0.333. The molecule has 4 nitrogen and oxygen atoms in total. The Morgan fingerprint density at radius 3 is 2.67 bits per heavy atom. The van der Waals surface area contributed by atoms with Gasteiger partial charge in [-0.15, -0.1) is 0 Å². The van der Waals surface area contributed by atoms with Crippen molar-refractivity contribution >= 4 is 16.3 Å². The predicted octanol–water partition coefficient (Wildman–Crippen LogP) is 3.96. The summed E-state index contributed by atoms with van der Waals surface area (Å²) in [6.07, 6.45) is 3.65. The number of nitro groups is 1. The summed E-state index contributed by atoms with van der Waals surface area (Å²) in [4.78, 5) is 10.2. The van der Waals surface area contributed by atoms with Gasteiger partial charge in [-0.3, -0.25) is 10.1 Å². The monoisotopic (exact) mass is 270 g/mol. The van der Waals surface area contributed by atoms with E-state index in [1.165, 1.54) is 24.2 Å². The van der Waals surface area contributed by atoms with Crippen LogP contribution in [0.15, 0.2) is 11.4 Å². The lowest BCUT2D eigenvalue weighted by Gasteiger charge is -2.13. The molecule has 0 aliphatic heterocycles. The Bertz CT molecular complexity index is 377. The number of rotatable bonds is 8. The van der Waals surface area contributed by atoms with Gasteiger partial charge in [0.1, 0.15) is 0 Å². The van der Waals surface area contributed by atoms with Crippen LogP contribution in [0.5, 0.6) is 0 Å². The molecule has 1 N–H and O–H groups in total. The normalized spacial score (nSPS) is 12.9. The van der Waals surface area contributed by atoms with E-state index in [0.29, 0.717) is 12.6 Å². The van der Waals surface area contributed by atoms with Crippen molar-refractivity contribution in [3.8, 4) is 0 Å². The third-order valence-corrected chi connectivity index (χ3v) is 3.82. The fraction of sp³-hybridized carbons (Fsp3) is 0.692. The van der Waals surface area contributed by atoms with Crippen molar-refractivity contribution in [2.24, 2.45) is 5.92 Å². The van der Waals surface area contributed by atoms with Crippen LogP contribution in [0.3, 0.4) is 0 Å². The first-order chi connectivity index (χ1) is 8.49. The maximum Gasteiger partial charge on any atom is 0.324 e. The first-order valence-corrected chi connectivity index (χ1v) is 7.32. The van der Waals surface area contributed by atoms with E-state index in [-0.39, 0.29) is 9.92 Å². The zero-order chi connectivity index (χ0) is 13.5. The number of hydrogen-bond donors (Lipinski definition) is 1. The van der Waals surface area contributed by atoms with Crippen LogP contribution in [-0.2, 0) is 6.54 Å². The molecule has 0 fully saturated rings. The molecule has 1 unspecified atom stereocenters. The summed E-state index contributed by atoms with van der Waals surface area (Å²) in [7, 11) is 0. The Hall–Kier alpha value is -0.940. The molecule has 0 aliphatic carbocycles. The molecule has 1 rings (SSSR count). The Labute approximate surface area is 113 Å². The Kier molecular flexibility index (Phi) is 6.29. The van der Waals surface area contributed by atoms with Crippen molar-refractivity contribution < 1.29 is 4.92 Å². The molecule has 0 spiro atoms. The first kappa shape index (κ1) is 15.1. The molecule has 102 valence electrons. The molecule has 0 saturated heterocycles. The van der Waals surface area contributed by atoms with Gasteiger partial charge in [-0.1, -0.05) is 38.0 Å². The van der Waals surface area contributed by atoms with Crippen LogP contribution in [0.25, 0.3) is 0 Å². The van der Waals surface area contributed by atoms with E-state index in [2.05, 4.69) is 26.1 Å². The lowest BCUT2D eigenvalue weighted by molar-refractivity contribution is -0.380. The lowest BCUT2D eigenvalue weighted by atomic mass is 10.0. The van der Waals surface area contributed by atoms with Gasteiger partial charge in [0.2, 0.25) is 0 Å². The third-order valence-electron chi connectivity index (χ3n) is 2.89. The highest BCUT2D eigenvalue weighted by molar-refractivity contribution is 7.13. The second-order valence-electron chi connectivity index (χ2n) is 5.16. The topological polar surface area (TPSA) is 55.2 Å². The molecule has 0 saturated carbocycles. The van der Waals surface area contributed by atoms with Crippen LogP contribution in [0, 0.1) is 16.0 Å². The van der Waals surface area contributed by atoms with Gasteiger partial charge in [0.05, 0.1) is 4.92 Å². The fourth-order valence-electron chi connectivity index (χ4n) is 1.78. The van der Waals surface area contributed by atoms with Gasteiger partial charge in [-0.05, 0) is 24.8 Å². The van der Waals surface area contributed by atoms with E-state index >= 15 is 0 Å². The number of nitrogens with one attached hydrogen (secondary N) is 1. The van der Waals surface area contributed by atoms with Crippen molar-refractivity contribution in [2.45, 2.75) is 52.6 Å². The minimum Gasteiger partial charge on any atom is -0.310 e. The van der Waals surface area contributed by atoms with Gasteiger partial charge in [0, 0.05) is 24.0 Å². The quantitative estimate of drug-likeness (QED) is 0.574. The zero-order valence-electron chi connectivity index (χ0n) is 11.3. The molecule has 18 heavy (non-hydrogen) atoms. The van der Waals surface area contributed by atoms with Crippen LogP contribution in [-0.4, -0.2) is 11.0 Å². The smallest absolute Gasteiger partial charge is 0.310 e. The van der Waals surface area contributed by atoms with Crippen LogP contribution >= 0.6 is 11.3 Å². The van der Waals surface area contributed by atoms with Crippen molar-refractivity contribution in [2.75, 3.05) is 0 Å². The molecular formula is C13H22N2O2S. The Morgan fingerprint density at radius 1 is 1.39 bits per heavy atom. The zero-order valence-corrected chi connectivity index (χ0v) is 12.1. The molecule has 1 heterocycles. The van der Waals surface area contributed by atoms with Crippen molar-refractivity contribution in [3.05, 3.63) is 27.1 Å². The van der Waals surface area contributed by atoms with Crippen molar-refractivity contribution in [3.63, 3.8) is 0 Å². The fourth-order valence-corrected chi connectivity index (χ4v) is 2.51. The number of thiophene rings is 1. The van der Waals surface area contributed by atoms with E-state index in [4.69, 9.17) is 0 Å². The molecule has 0 amide bonds. The SMILES string of the molecule is CC(C)CCCC(C)NCc1csc([N+](=O)[O-])c1. The average molecular weight is 270 g/mol. The summed E-state index contributed by atoms with van der Waals surface area (Å²) >= 11 is 1.19. The van der Waals surface area contributed by atoms with Gasteiger partial charge >= 0.3 is 5.00 Å². The van der Waals surface area contributed by atoms with Gasteiger partial charge in [0.15, 0.2) is 0 Å². The van der Waals surface area contributed by atoms with Crippen molar-refractivity contribution in [1.29, 1.82) is 0 Å². The second-order valence-corrected chi connectivity index (χ2v) is 6.05. The predicted molar refractivity (Wildman–Crippen MR) is 76.0 cm³/mol. The van der Waals surface area contributed by atoms with E-state index in [1.807, 2.05) is 5.38 Å². The summed E-state index contributed by atoms with van der Waals surface area (Å²) < 4.78 is 0. The molecule has 1 aromatic rings. The van der Waals surface area contributed by atoms with Crippen LogP contribution in [0.2, 0.25) is 0 Å². The molecule has 0 radical (unpaired) electrons. The molecule has 1 atom stereocenters. The van der Waals surface area contributed by atoms with Crippen LogP contribution in [0.1, 0.15) is 45.6 Å². The molecule has 5 heteroatoms. The highest BCUT2D eigenvalue weighted by atomic mass is 32.1. The third kappa shape index (κ3) is 5.60. The van der Waals surface area contributed by atoms with Gasteiger partial charge in [-0.25, -0.2) is 0 Å². The van der Waals surface area contributed by atoms with Crippen LogP contribution in [0.4, 0.5) is 5.00 Å². The van der Waals surface area contributed by atoms with E-state index in [0.717, 1.165) is 17.9 Å². The molecule has 0 aromatic carbocycles. The Morgan fingerprint density at radius 2 is 2.11 bits per heavy atom. The lowest BCUT2D eigenvalue weighted by Crippen LogP contribution is -2.25. The minimum absolute atomic E-state index is 0.222. The largest absolute Gasteiger partial charge is 0.324 e. The summed E-state index contributed by atoms with van der Waals surface area (Å²) in [5, 5.41) is 16.0. The maximum atomic E-state index is 10.6. The van der Waals surface area contributed by atoms with Crippen molar-refractivity contribution in [1.82, 2.24) is 5.32 Å². The summed E-state index contributed by atoms with van der Waals surface area (Å²) in [5.41, 5.74) is 1.00. The summed E-state index contributed by atoms with van der Waals surface area (Å²) in [6, 6.07) is 2.11. The highest BCUT2D eigenvalue weighted by Crippen LogP contribution is 2.22. The molecule has 0 aliphatic rings. The molecular weight excluding hydrogens is 248 g/mol. The Balaban J connectivity index is 2.24. The summed E-state index contributed by atoms with van der Waals surface area (Å²) in [5.74, 6) is 0.761. The number of hydrogen-bond acceptors (Lipinski definition) is 4. The van der Waals surface area contributed by atoms with Gasteiger partial charge in [0.25, 0.3) is 0 Å². The van der Waals surface area contributed by atoms with Crippen LogP contribution < -0.4 is 5.32 Å². The standard InChI is InChI=1S/C13H22N2O2S/c1-10(2)5-4-6-11(3)14-8-12-7-13(15(16)17)18-9-12/h7,9-11,14H,4-6,8H2,1-3H3. The van der Waals surface area contributed by atoms with Gasteiger partial charge in [-0.2, -0.15) is 0 Å². The van der Waals surface area contributed by atoms with E-state index in [1.54, 1.807) is 6.07 Å². The summed E-state index contributed by atoms with van der Waals surface area (Å²) in [6.45, 7) is 7.36. The first-order valence-electron chi connectivity index (χ1n) is 6.44. The molecule has 0 bridgehead atoms. The molecule has 1 aromatic heterocycles. The highest BCUT2D eigenvalue weighted by Gasteiger charge is 2.10. The number of nitrogens with zero attached hydrogens (tertiary/aromatic N) is 1. The average Bonchev–Trinajstić information content (AvgIpc) is 2.74. The van der Waals surface area contributed by atoms with E-state index in [9.17, 15) is 10.1 Å². The van der Waals surface area contributed by atoms with E-state index < -0.39 is 0 Å².